The number of carbonyl (C=O) groups is 1. The summed E-state index contributed by atoms with van der Waals surface area (Å²) in [5.74, 6) is 0.867. The van der Waals surface area contributed by atoms with Crippen LogP contribution in [0.5, 0.6) is 0 Å². The highest BCUT2D eigenvalue weighted by atomic mass is 32.2. The fraction of sp³-hybridized carbons (Fsp3) is 0.571. The van der Waals surface area contributed by atoms with E-state index in [4.69, 9.17) is 4.74 Å². The lowest BCUT2D eigenvalue weighted by Gasteiger charge is -2.19. The van der Waals surface area contributed by atoms with E-state index in [0.717, 1.165) is 36.3 Å². The van der Waals surface area contributed by atoms with Gasteiger partial charge in [-0.1, -0.05) is 29.5 Å². The smallest absolute Gasteiger partial charge is 0.233 e. The zero-order valence-electron chi connectivity index (χ0n) is 17.6. The number of carbonyl (C=O) groups excluding carboxylic acids is 1. The fourth-order valence-electron chi connectivity index (χ4n) is 3.27. The van der Waals surface area contributed by atoms with Crippen molar-refractivity contribution >= 4 is 23.6 Å². The van der Waals surface area contributed by atoms with Crippen molar-refractivity contribution in [2.75, 3.05) is 37.7 Å². The van der Waals surface area contributed by atoms with Crippen LogP contribution in [0.25, 0.3) is 5.69 Å². The molecule has 3 rings (SSSR count). The van der Waals surface area contributed by atoms with E-state index in [-0.39, 0.29) is 11.2 Å². The van der Waals surface area contributed by atoms with Crippen molar-refractivity contribution in [1.82, 2.24) is 20.1 Å². The molecule has 0 saturated carbocycles. The zero-order chi connectivity index (χ0) is 20.6. The Balaban J connectivity index is 1.73. The van der Waals surface area contributed by atoms with Gasteiger partial charge in [0.25, 0.3) is 0 Å². The number of amides is 1. The molecule has 0 spiro atoms. The molecule has 2 heterocycles. The molecule has 158 valence electrons. The standard InChI is InChI=1S/C21H31N5O2S/c1-4-28-15-7-12-22-19(27)17(3)29-21-24-23-20(25-13-5-6-14-25)26(21)18-10-8-16(2)9-11-18/h8-11,17H,4-7,12-15H2,1-3H3,(H,22,27). The molecule has 0 radical (unpaired) electrons. The number of thioether (sulfide) groups is 1. The van der Waals surface area contributed by atoms with Crippen LogP contribution in [-0.2, 0) is 9.53 Å². The van der Waals surface area contributed by atoms with E-state index in [1.165, 1.54) is 30.2 Å². The van der Waals surface area contributed by atoms with Crippen molar-refractivity contribution in [1.29, 1.82) is 0 Å². The minimum atomic E-state index is -0.262. The third-order valence-electron chi connectivity index (χ3n) is 4.92. The molecule has 1 fully saturated rings. The molecule has 1 N–H and O–H groups in total. The number of anilines is 1. The summed E-state index contributed by atoms with van der Waals surface area (Å²) in [6.07, 6.45) is 3.16. The molecule has 1 aliphatic rings. The van der Waals surface area contributed by atoms with Crippen LogP contribution in [0.15, 0.2) is 29.4 Å². The molecule has 7 nitrogen and oxygen atoms in total. The fourth-order valence-corrected chi connectivity index (χ4v) is 4.15. The average Bonchev–Trinajstić information content (AvgIpc) is 3.38. The molecular weight excluding hydrogens is 386 g/mol. The van der Waals surface area contributed by atoms with Crippen molar-refractivity contribution in [3.63, 3.8) is 0 Å². The van der Waals surface area contributed by atoms with Crippen LogP contribution in [0.3, 0.4) is 0 Å². The first-order valence-electron chi connectivity index (χ1n) is 10.4. The van der Waals surface area contributed by atoms with Gasteiger partial charge >= 0.3 is 0 Å². The molecule has 29 heavy (non-hydrogen) atoms. The molecule has 0 aliphatic carbocycles. The lowest BCUT2D eigenvalue weighted by Crippen LogP contribution is -2.32. The highest BCUT2D eigenvalue weighted by molar-refractivity contribution is 8.00. The first kappa shape index (κ1) is 21.6. The van der Waals surface area contributed by atoms with E-state index in [9.17, 15) is 4.79 Å². The van der Waals surface area contributed by atoms with E-state index < -0.39 is 0 Å². The second kappa shape index (κ2) is 10.6. The molecule has 2 aromatic rings. The van der Waals surface area contributed by atoms with Crippen molar-refractivity contribution in [3.8, 4) is 5.69 Å². The van der Waals surface area contributed by atoms with Gasteiger partial charge in [-0.3, -0.25) is 9.36 Å². The molecular formula is C21H31N5O2S. The first-order valence-corrected chi connectivity index (χ1v) is 11.3. The van der Waals surface area contributed by atoms with Crippen LogP contribution in [0.1, 0.15) is 38.7 Å². The average molecular weight is 418 g/mol. The Morgan fingerprint density at radius 1 is 1.24 bits per heavy atom. The summed E-state index contributed by atoms with van der Waals surface area (Å²) in [5.41, 5.74) is 2.23. The van der Waals surface area contributed by atoms with E-state index in [2.05, 4.69) is 56.2 Å². The number of benzene rings is 1. The van der Waals surface area contributed by atoms with Gasteiger partial charge in [0.1, 0.15) is 0 Å². The third kappa shape index (κ3) is 5.73. The van der Waals surface area contributed by atoms with Gasteiger partial charge in [-0.25, -0.2) is 0 Å². The number of nitrogens with one attached hydrogen (secondary N) is 1. The van der Waals surface area contributed by atoms with Crippen LogP contribution in [0.4, 0.5) is 5.95 Å². The summed E-state index contributed by atoms with van der Waals surface area (Å²) in [6.45, 7) is 9.92. The largest absolute Gasteiger partial charge is 0.382 e. The summed E-state index contributed by atoms with van der Waals surface area (Å²) < 4.78 is 7.39. The summed E-state index contributed by atoms with van der Waals surface area (Å²) in [4.78, 5) is 14.8. The molecule has 1 unspecified atom stereocenters. The molecule has 0 bridgehead atoms. The van der Waals surface area contributed by atoms with Crippen LogP contribution in [0, 0.1) is 6.92 Å². The molecule has 1 aromatic heterocycles. The van der Waals surface area contributed by atoms with Crippen LogP contribution in [-0.4, -0.2) is 58.8 Å². The molecule has 8 heteroatoms. The predicted octanol–water partition coefficient (Wildman–Crippen LogP) is 3.20. The van der Waals surface area contributed by atoms with Crippen molar-refractivity contribution in [3.05, 3.63) is 29.8 Å². The minimum absolute atomic E-state index is 0.00711. The summed E-state index contributed by atoms with van der Waals surface area (Å²) in [5, 5.41) is 12.4. The van der Waals surface area contributed by atoms with Gasteiger partial charge < -0.3 is 15.0 Å². The van der Waals surface area contributed by atoms with Gasteiger partial charge in [-0.15, -0.1) is 10.2 Å². The second-order valence-corrected chi connectivity index (χ2v) is 8.56. The minimum Gasteiger partial charge on any atom is -0.382 e. The van der Waals surface area contributed by atoms with Crippen LogP contribution in [0.2, 0.25) is 0 Å². The summed E-state index contributed by atoms with van der Waals surface area (Å²) in [7, 11) is 0. The lowest BCUT2D eigenvalue weighted by atomic mass is 10.2. The van der Waals surface area contributed by atoms with Crippen LogP contribution >= 0.6 is 11.8 Å². The van der Waals surface area contributed by atoms with E-state index in [1.54, 1.807) is 0 Å². The number of rotatable bonds is 10. The highest BCUT2D eigenvalue weighted by Crippen LogP contribution is 2.30. The molecule has 1 atom stereocenters. The lowest BCUT2D eigenvalue weighted by molar-refractivity contribution is -0.120. The third-order valence-corrected chi connectivity index (χ3v) is 5.96. The van der Waals surface area contributed by atoms with Crippen molar-refractivity contribution in [2.45, 2.75) is 50.4 Å². The predicted molar refractivity (Wildman–Crippen MR) is 117 cm³/mol. The topological polar surface area (TPSA) is 72.3 Å². The summed E-state index contributed by atoms with van der Waals surface area (Å²) >= 11 is 1.44. The Morgan fingerprint density at radius 3 is 2.66 bits per heavy atom. The SMILES string of the molecule is CCOCCCNC(=O)C(C)Sc1nnc(N2CCCC2)n1-c1ccc(C)cc1. The van der Waals surface area contributed by atoms with Gasteiger partial charge in [0.05, 0.1) is 10.9 Å². The van der Waals surface area contributed by atoms with Crippen molar-refractivity contribution < 1.29 is 9.53 Å². The Labute approximate surface area is 177 Å². The van der Waals surface area contributed by atoms with E-state index >= 15 is 0 Å². The van der Waals surface area contributed by atoms with E-state index in [0.29, 0.717) is 19.8 Å². The number of aromatic nitrogens is 3. The Kier molecular flexibility index (Phi) is 7.94. The molecule has 1 aromatic carbocycles. The van der Waals surface area contributed by atoms with Gasteiger partial charge in [0.15, 0.2) is 5.16 Å². The number of ether oxygens (including phenoxy) is 1. The molecule has 1 aliphatic heterocycles. The maximum Gasteiger partial charge on any atom is 0.233 e. The highest BCUT2D eigenvalue weighted by Gasteiger charge is 2.25. The zero-order valence-corrected chi connectivity index (χ0v) is 18.4. The second-order valence-electron chi connectivity index (χ2n) is 7.25. The number of hydrogen-bond donors (Lipinski definition) is 1. The maximum atomic E-state index is 12.5. The Hall–Kier alpha value is -2.06. The Bertz CT molecular complexity index is 787. The number of aryl methyl sites for hydroxylation is 1. The molecule has 1 amide bonds. The monoisotopic (exact) mass is 417 g/mol. The van der Waals surface area contributed by atoms with Crippen molar-refractivity contribution in [2.24, 2.45) is 0 Å². The number of hydrogen-bond acceptors (Lipinski definition) is 6. The Morgan fingerprint density at radius 2 is 1.97 bits per heavy atom. The maximum absolute atomic E-state index is 12.5. The van der Waals surface area contributed by atoms with E-state index in [1.807, 2.05) is 13.8 Å². The quantitative estimate of drug-likeness (QED) is 0.473. The van der Waals surface area contributed by atoms with Gasteiger partial charge in [-0.05, 0) is 52.2 Å². The van der Waals surface area contributed by atoms with Gasteiger partial charge in [0, 0.05) is 32.8 Å². The first-order chi connectivity index (χ1) is 14.1. The number of nitrogens with zero attached hydrogens (tertiary/aromatic N) is 4. The molecule has 1 saturated heterocycles. The van der Waals surface area contributed by atoms with Gasteiger partial charge in [-0.2, -0.15) is 0 Å². The summed E-state index contributed by atoms with van der Waals surface area (Å²) in [6, 6.07) is 8.35. The van der Waals surface area contributed by atoms with Gasteiger partial charge in [0.2, 0.25) is 11.9 Å². The normalized spacial score (nSPS) is 14.9. The van der Waals surface area contributed by atoms with Crippen LogP contribution < -0.4 is 10.2 Å².